The van der Waals surface area contributed by atoms with E-state index < -0.39 is 73.8 Å². The highest BCUT2D eigenvalue weighted by Gasteiger charge is 2.32. The smallest absolute Gasteiger partial charge is 0.420 e. The number of carbonyl (C=O) groups excluding carboxylic acids is 6. The number of thiophene rings is 1. The number of aryl methyl sites for hydroxylation is 1. The first-order valence-electron chi connectivity index (χ1n) is 32.5. The van der Waals surface area contributed by atoms with Gasteiger partial charge in [-0.2, -0.15) is 21.0 Å². The number of sulfonamides is 1. The fraction of sp³-hybridized carbons (Fsp3) is 0.306. The van der Waals surface area contributed by atoms with Crippen LogP contribution in [0.5, 0.6) is 26.7 Å². The SMILES string of the molecule is CC(=O)NC(=O)Oc1sc(C(C#N)C#N)nc1-c1ccccc1.CCCCCCN(CCCCCC)C(=O)c1ccc(Oc2sc(C(C#N)C(=O)OCC)cc2C)c([N+](=O)[O-])c1.CN(C(=O)Oc1sc(C(C#N)C(=O)Nc2cc(NS(C)(=O)=O)ccc2Cl)nc1-c1ccccc1)c1ccc(OS(C)=O)cc1. The van der Waals surface area contributed by atoms with Gasteiger partial charge in [0.05, 0.1) is 58.5 Å². The van der Waals surface area contributed by atoms with Gasteiger partial charge in [-0.15, -0.1) is 11.3 Å². The van der Waals surface area contributed by atoms with Crippen molar-refractivity contribution in [3.05, 3.63) is 169 Å². The van der Waals surface area contributed by atoms with Crippen LogP contribution in [0.1, 0.15) is 128 Å². The number of ether oxygens (including phenoxy) is 4. The third kappa shape index (κ3) is 25.0. The average Bonchev–Trinajstić information content (AvgIpc) is 1.68. The van der Waals surface area contributed by atoms with Crippen molar-refractivity contribution < 1.29 is 69.4 Å². The molecule has 3 heterocycles. The lowest BCUT2D eigenvalue weighted by molar-refractivity contribution is -0.385. The molecular formula is C72H73ClN12O16S5. The molecule has 0 aliphatic heterocycles. The molecule has 5 amide bonds. The highest BCUT2D eigenvalue weighted by Crippen LogP contribution is 2.43. The first-order valence-corrected chi connectivity index (χ1v) is 38.7. The Bertz CT molecular complexity index is 4720. The van der Waals surface area contributed by atoms with E-state index in [1.807, 2.05) is 35.7 Å². The van der Waals surface area contributed by atoms with Crippen LogP contribution in [0, 0.1) is 62.4 Å². The van der Waals surface area contributed by atoms with Crippen molar-refractivity contribution in [2.24, 2.45) is 0 Å². The van der Waals surface area contributed by atoms with Gasteiger partial charge in [0.15, 0.2) is 22.8 Å². The maximum atomic E-state index is 13.4. The molecule has 0 fully saturated rings. The van der Waals surface area contributed by atoms with Gasteiger partial charge < -0.3 is 33.3 Å². The number of nitrogens with zero attached hydrogens (tertiary/aromatic N) is 9. The second kappa shape index (κ2) is 41.4. The zero-order chi connectivity index (χ0) is 77.6. The Balaban J connectivity index is 0.000000261. The van der Waals surface area contributed by atoms with E-state index in [0.29, 0.717) is 56.9 Å². The van der Waals surface area contributed by atoms with Crippen molar-refractivity contribution in [3.63, 3.8) is 0 Å². The minimum absolute atomic E-state index is 0.0184. The number of anilines is 3. The first kappa shape index (κ1) is 83.8. The monoisotopic (exact) mass is 1560 g/mol. The van der Waals surface area contributed by atoms with E-state index in [2.05, 4.69) is 33.9 Å². The van der Waals surface area contributed by atoms with Crippen molar-refractivity contribution in [1.82, 2.24) is 20.2 Å². The number of esters is 1. The summed E-state index contributed by atoms with van der Waals surface area (Å²) in [5.41, 5.74) is 3.04. The number of nitrogens with one attached hydrogen (secondary N) is 3. The molecule has 0 radical (unpaired) electrons. The molecule has 5 aromatic carbocycles. The maximum absolute atomic E-state index is 13.4. The Morgan fingerprint density at radius 3 is 1.82 bits per heavy atom. The van der Waals surface area contributed by atoms with Crippen molar-refractivity contribution in [2.75, 3.05) is 54.2 Å². The molecule has 3 atom stereocenters. The number of halogens is 1. The summed E-state index contributed by atoms with van der Waals surface area (Å²) in [6.07, 6.45) is 8.91. The predicted molar refractivity (Wildman–Crippen MR) is 403 cm³/mol. The molecule has 8 aromatic rings. The van der Waals surface area contributed by atoms with Gasteiger partial charge in [0, 0.05) is 72.2 Å². The van der Waals surface area contributed by atoms with E-state index in [0.717, 1.165) is 91.6 Å². The second-order valence-electron chi connectivity index (χ2n) is 22.8. The van der Waals surface area contributed by atoms with Crippen LogP contribution in [-0.2, 0) is 40.2 Å². The zero-order valence-electron chi connectivity index (χ0n) is 58.6. The van der Waals surface area contributed by atoms with Gasteiger partial charge >= 0.3 is 23.8 Å². The Morgan fingerprint density at radius 1 is 0.717 bits per heavy atom. The molecule has 3 N–H and O–H groups in total. The molecule has 0 spiro atoms. The summed E-state index contributed by atoms with van der Waals surface area (Å²) in [6.45, 7) is 10.2. The van der Waals surface area contributed by atoms with Crippen LogP contribution in [0.15, 0.2) is 127 Å². The number of amides is 5. The molecule has 3 aromatic heterocycles. The highest BCUT2D eigenvalue weighted by atomic mass is 35.5. The Labute approximate surface area is 631 Å². The van der Waals surface area contributed by atoms with Crippen molar-refractivity contribution in [3.8, 4) is 73.5 Å². The lowest BCUT2D eigenvalue weighted by Gasteiger charge is -2.23. The summed E-state index contributed by atoms with van der Waals surface area (Å²) in [7, 11) is -2.11. The van der Waals surface area contributed by atoms with Crippen molar-refractivity contribution in [1.29, 1.82) is 21.0 Å². The Morgan fingerprint density at radius 2 is 1.29 bits per heavy atom. The normalized spacial score (nSPS) is 11.5. The minimum atomic E-state index is -3.60. The van der Waals surface area contributed by atoms with Crippen LogP contribution >= 0.6 is 45.6 Å². The Hall–Kier alpha value is -11.2. The Kier molecular flexibility index (Phi) is 32.7. The van der Waals surface area contributed by atoms with Gasteiger partial charge in [-0.1, -0.05) is 147 Å². The van der Waals surface area contributed by atoms with Crippen molar-refractivity contribution >= 4 is 125 Å². The molecule has 34 heteroatoms. The summed E-state index contributed by atoms with van der Waals surface area (Å²) in [5.74, 6) is -5.50. The lowest BCUT2D eigenvalue weighted by atomic mass is 10.1. The quantitative estimate of drug-likeness (QED) is 0.0163. The van der Waals surface area contributed by atoms with Crippen molar-refractivity contribution in [2.45, 2.75) is 104 Å². The maximum Gasteiger partial charge on any atom is 0.420 e. The number of unbranched alkanes of at least 4 members (excludes halogenated alkanes) is 6. The summed E-state index contributed by atoms with van der Waals surface area (Å²) in [4.78, 5) is 98.0. The fourth-order valence-electron chi connectivity index (χ4n) is 9.55. The molecule has 554 valence electrons. The third-order valence-corrected chi connectivity index (χ3v) is 19.2. The van der Waals surface area contributed by atoms with Gasteiger partial charge in [-0.3, -0.25) is 44.2 Å². The standard InChI is InChI=1S/C29H39N3O6S.C28H24ClN5O7S3.C15H10N4O3S/c1-5-8-10-12-16-31(17-13-11-9-6-2)27(33)22-14-15-25(24(19-22)32(35)36)38-29-21(4)18-26(39-29)23(20-30)28(34)37-7-3;1-34(19-10-12-20(13-11-19)41-43(2)37)28(36)40-27-24(17-7-5-4-6-8-17)32-26(42-27)21(16-30)25(35)31-23-15-18(9-14-22(23)29)33-44(3,38)39;1-9(20)18-15(21)22-14-12(10-5-3-2-4-6-10)19-13(23-14)11(7-16)8-17/h14-15,18-19,23H,5-13,16-17H2,1-4H3;4-15,21,33H,1-3H3,(H,31,35);2-6,11H,1H3,(H,18,20,21). The van der Waals surface area contributed by atoms with Crippen LogP contribution in [0.4, 0.5) is 32.3 Å². The van der Waals surface area contributed by atoms with Gasteiger partial charge in [0.25, 0.3) is 5.91 Å². The van der Waals surface area contributed by atoms with Crippen LogP contribution in [0.25, 0.3) is 22.5 Å². The van der Waals surface area contributed by atoms with E-state index in [1.54, 1.807) is 110 Å². The highest BCUT2D eigenvalue weighted by molar-refractivity contribution is 7.92. The molecule has 0 aliphatic carbocycles. The summed E-state index contributed by atoms with van der Waals surface area (Å²) >= 11 is 7.53. The van der Waals surface area contributed by atoms with Gasteiger partial charge in [0.2, 0.25) is 48.8 Å². The second-order valence-corrected chi connectivity index (χ2v) is 28.9. The number of nitriles is 4. The predicted octanol–water partition coefficient (Wildman–Crippen LogP) is 15.5. The average molecular weight is 1560 g/mol. The molecule has 0 saturated carbocycles. The summed E-state index contributed by atoms with van der Waals surface area (Å²) in [5, 5.41) is 54.7. The van der Waals surface area contributed by atoms with Crippen LogP contribution < -0.4 is 38.6 Å². The van der Waals surface area contributed by atoms with Gasteiger partial charge in [0.1, 0.15) is 27.2 Å². The number of imide groups is 1. The van der Waals surface area contributed by atoms with E-state index in [1.165, 1.54) is 55.5 Å². The van der Waals surface area contributed by atoms with E-state index >= 15 is 0 Å². The van der Waals surface area contributed by atoms with Gasteiger partial charge in [-0.25, -0.2) is 32.2 Å². The summed E-state index contributed by atoms with van der Waals surface area (Å²) in [6, 6.07) is 41.4. The molecule has 0 bridgehead atoms. The number of hydrogen-bond donors (Lipinski definition) is 3. The number of carbonyl (C=O) groups is 6. The number of hydrogen-bond acceptors (Lipinski definition) is 25. The molecule has 8 rings (SSSR count). The molecule has 28 nitrogen and oxygen atoms in total. The number of nitro benzene ring substituents is 1. The molecule has 106 heavy (non-hydrogen) atoms. The number of rotatable bonds is 30. The first-order chi connectivity index (χ1) is 50.6. The van der Waals surface area contributed by atoms with Gasteiger partial charge in [-0.05, 0) is 87.4 Å². The number of thiazole rings is 2. The minimum Gasteiger partial charge on any atom is -0.465 e. The topological polar surface area (TPSA) is 406 Å². The van der Waals surface area contributed by atoms with E-state index in [9.17, 15) is 62.0 Å². The number of aromatic nitrogens is 2. The van der Waals surface area contributed by atoms with Crippen LogP contribution in [0.2, 0.25) is 5.02 Å². The molecular weight excluding hydrogens is 1480 g/mol. The number of nitro groups is 1. The largest absolute Gasteiger partial charge is 0.465 e. The molecule has 3 unspecified atom stereocenters. The van der Waals surface area contributed by atoms with E-state index in [4.69, 9.17) is 45.3 Å². The van der Waals surface area contributed by atoms with Crippen LogP contribution in [-0.4, -0.2) is 108 Å². The van der Waals surface area contributed by atoms with Crippen LogP contribution in [0.3, 0.4) is 0 Å². The molecule has 0 saturated heterocycles. The van der Waals surface area contributed by atoms with E-state index in [-0.39, 0.29) is 71.7 Å². The lowest BCUT2D eigenvalue weighted by Crippen LogP contribution is -2.33. The number of benzene rings is 5. The molecule has 0 aliphatic rings. The fourth-order valence-corrected chi connectivity index (χ4v) is 13.6. The third-order valence-electron chi connectivity index (χ3n) is 14.6. The zero-order valence-corrected chi connectivity index (χ0v) is 63.4. The summed E-state index contributed by atoms with van der Waals surface area (Å²) < 4.78 is 63.6.